The van der Waals surface area contributed by atoms with Crippen LogP contribution < -0.4 is 0 Å². The number of nitrogens with zero attached hydrogens (tertiary/aromatic N) is 1. The Labute approximate surface area is 93.3 Å². The van der Waals surface area contributed by atoms with E-state index >= 15 is 0 Å². The Bertz CT molecular complexity index is 354. The summed E-state index contributed by atoms with van der Waals surface area (Å²) >= 11 is 0. The number of methoxy groups -OCH3 is 1. The predicted molar refractivity (Wildman–Crippen MR) is 54.4 cm³/mol. The van der Waals surface area contributed by atoms with E-state index in [9.17, 15) is 4.79 Å². The number of rotatable bonds is 3. The van der Waals surface area contributed by atoms with Crippen LogP contribution in [0, 0.1) is 0 Å². The van der Waals surface area contributed by atoms with Crippen LogP contribution in [-0.2, 0) is 19.0 Å². The summed E-state index contributed by atoms with van der Waals surface area (Å²) in [4.78, 5) is 15.0. The van der Waals surface area contributed by atoms with Gasteiger partial charge in [-0.3, -0.25) is 9.78 Å². The number of pyridine rings is 1. The Balaban J connectivity index is 1.91. The maximum absolute atomic E-state index is 11.0. The maximum Gasteiger partial charge on any atom is 0.308 e. The molecule has 5 nitrogen and oxygen atoms in total. The highest BCUT2D eigenvalue weighted by atomic mass is 16.7. The zero-order valence-electron chi connectivity index (χ0n) is 8.96. The number of ether oxygens (including phenoxy) is 3. The van der Waals surface area contributed by atoms with Crippen LogP contribution in [0.3, 0.4) is 0 Å². The largest absolute Gasteiger partial charge is 0.469 e. The summed E-state index contributed by atoms with van der Waals surface area (Å²) in [6.07, 6.45) is 2.92. The van der Waals surface area contributed by atoms with Gasteiger partial charge in [0.25, 0.3) is 0 Å². The lowest BCUT2D eigenvalue weighted by molar-refractivity contribution is -0.143. The summed E-state index contributed by atoms with van der Waals surface area (Å²) in [5, 5.41) is 0. The second-order valence-corrected chi connectivity index (χ2v) is 3.49. The molecule has 1 aromatic rings. The molecule has 1 fully saturated rings. The van der Waals surface area contributed by atoms with Gasteiger partial charge >= 0.3 is 5.97 Å². The molecule has 0 N–H and O–H groups in total. The van der Waals surface area contributed by atoms with Crippen LogP contribution in [0.1, 0.15) is 18.3 Å². The first kappa shape index (κ1) is 11.0. The molecule has 0 aromatic carbocycles. The molecular formula is C11H13NO4. The third-order valence-corrected chi connectivity index (χ3v) is 2.33. The zero-order valence-corrected chi connectivity index (χ0v) is 8.96. The lowest BCUT2D eigenvalue weighted by Crippen LogP contribution is -2.16. The van der Waals surface area contributed by atoms with Crippen LogP contribution in [0.25, 0.3) is 0 Å². The Hall–Kier alpha value is -1.46. The number of hydrogen-bond acceptors (Lipinski definition) is 5. The van der Waals surface area contributed by atoms with Gasteiger partial charge in [0.1, 0.15) is 0 Å². The minimum absolute atomic E-state index is 0.216. The van der Waals surface area contributed by atoms with Gasteiger partial charge in [0.15, 0.2) is 6.29 Å². The summed E-state index contributed by atoms with van der Waals surface area (Å²) in [5.74, 6) is -0.291. The van der Waals surface area contributed by atoms with Crippen molar-refractivity contribution in [1.29, 1.82) is 0 Å². The molecule has 5 heteroatoms. The molecule has 2 heterocycles. The summed E-state index contributed by atoms with van der Waals surface area (Å²) < 4.78 is 15.6. The van der Waals surface area contributed by atoms with Crippen molar-refractivity contribution in [2.75, 3.05) is 13.7 Å². The van der Waals surface area contributed by atoms with E-state index in [4.69, 9.17) is 9.47 Å². The van der Waals surface area contributed by atoms with E-state index in [1.165, 1.54) is 7.11 Å². The number of hydrogen-bond donors (Lipinski definition) is 0. The van der Waals surface area contributed by atoms with E-state index in [2.05, 4.69) is 9.72 Å². The second-order valence-electron chi connectivity index (χ2n) is 3.49. The number of aromatic nitrogens is 1. The van der Waals surface area contributed by atoms with Crippen molar-refractivity contribution in [3.8, 4) is 0 Å². The third kappa shape index (κ3) is 2.56. The molecule has 0 saturated carbocycles. The first-order valence-corrected chi connectivity index (χ1v) is 5.03. The topological polar surface area (TPSA) is 57.7 Å². The molecule has 1 saturated heterocycles. The molecule has 2 atom stereocenters. The molecule has 2 rings (SSSR count). The quantitative estimate of drug-likeness (QED) is 0.717. The molecular weight excluding hydrogens is 210 g/mol. The van der Waals surface area contributed by atoms with E-state index in [0.717, 1.165) is 5.56 Å². The average molecular weight is 223 g/mol. The molecule has 0 radical (unpaired) electrons. The second kappa shape index (κ2) is 5.05. The lowest BCUT2D eigenvalue weighted by Gasteiger charge is -2.10. The van der Waals surface area contributed by atoms with Crippen molar-refractivity contribution < 1.29 is 19.0 Å². The van der Waals surface area contributed by atoms with Crippen molar-refractivity contribution in [1.82, 2.24) is 4.98 Å². The van der Waals surface area contributed by atoms with E-state index < -0.39 is 6.29 Å². The van der Waals surface area contributed by atoms with Crippen LogP contribution in [-0.4, -0.2) is 30.8 Å². The molecule has 16 heavy (non-hydrogen) atoms. The van der Waals surface area contributed by atoms with E-state index in [1.54, 1.807) is 12.4 Å². The van der Waals surface area contributed by atoms with Crippen molar-refractivity contribution in [3.63, 3.8) is 0 Å². The molecule has 86 valence electrons. The molecule has 1 aliphatic heterocycles. The van der Waals surface area contributed by atoms with Crippen molar-refractivity contribution in [2.45, 2.75) is 18.8 Å². The van der Waals surface area contributed by atoms with Gasteiger partial charge in [-0.2, -0.15) is 0 Å². The van der Waals surface area contributed by atoms with Crippen molar-refractivity contribution in [2.24, 2.45) is 0 Å². The monoisotopic (exact) mass is 223 g/mol. The average Bonchev–Trinajstić information content (AvgIpc) is 2.78. The number of carbonyl (C=O) groups excluding carboxylic acids is 1. The zero-order chi connectivity index (χ0) is 11.4. The molecule has 0 bridgehead atoms. The van der Waals surface area contributed by atoms with Crippen LogP contribution in [0.4, 0.5) is 0 Å². The highest BCUT2D eigenvalue weighted by Crippen LogP contribution is 2.27. The fourth-order valence-corrected chi connectivity index (χ4v) is 1.51. The highest BCUT2D eigenvalue weighted by molar-refractivity contribution is 5.69. The predicted octanol–water partition coefficient (Wildman–Crippen LogP) is 1.06. The minimum Gasteiger partial charge on any atom is -0.469 e. The normalized spacial score (nSPS) is 24.3. The Kier molecular flexibility index (Phi) is 3.48. The van der Waals surface area contributed by atoms with E-state index in [1.807, 2.05) is 12.1 Å². The Morgan fingerprint density at radius 2 is 2.56 bits per heavy atom. The van der Waals surface area contributed by atoms with Crippen LogP contribution in [0.5, 0.6) is 0 Å². The fraction of sp³-hybridized carbons (Fsp3) is 0.455. The number of carbonyl (C=O) groups is 1. The smallest absolute Gasteiger partial charge is 0.308 e. The first-order valence-electron chi connectivity index (χ1n) is 5.03. The molecule has 0 spiro atoms. The lowest BCUT2D eigenvalue weighted by atomic mass is 10.2. The molecule has 0 aliphatic carbocycles. The summed E-state index contributed by atoms with van der Waals surface area (Å²) in [5.41, 5.74) is 0.856. The molecule has 0 amide bonds. The van der Waals surface area contributed by atoms with Gasteiger partial charge in [0.05, 0.1) is 26.2 Å². The summed E-state index contributed by atoms with van der Waals surface area (Å²) in [6.45, 7) is 0.397. The van der Waals surface area contributed by atoms with E-state index in [0.29, 0.717) is 6.61 Å². The molecule has 2 unspecified atom stereocenters. The van der Waals surface area contributed by atoms with Gasteiger partial charge in [-0.15, -0.1) is 0 Å². The van der Waals surface area contributed by atoms with E-state index in [-0.39, 0.29) is 18.5 Å². The van der Waals surface area contributed by atoms with Crippen molar-refractivity contribution in [3.05, 3.63) is 30.1 Å². The SMILES string of the molecule is COC(=O)CC1COC(c2cccnc2)O1. The van der Waals surface area contributed by atoms with Gasteiger partial charge in [0, 0.05) is 18.0 Å². The van der Waals surface area contributed by atoms with Crippen LogP contribution in [0.15, 0.2) is 24.5 Å². The van der Waals surface area contributed by atoms with Gasteiger partial charge in [-0.1, -0.05) is 6.07 Å². The van der Waals surface area contributed by atoms with Crippen molar-refractivity contribution >= 4 is 5.97 Å². The Morgan fingerprint density at radius 3 is 3.25 bits per heavy atom. The highest BCUT2D eigenvalue weighted by Gasteiger charge is 2.29. The molecule has 1 aliphatic rings. The third-order valence-electron chi connectivity index (χ3n) is 2.33. The van der Waals surface area contributed by atoms with Gasteiger partial charge in [0.2, 0.25) is 0 Å². The van der Waals surface area contributed by atoms with Gasteiger partial charge < -0.3 is 14.2 Å². The first-order chi connectivity index (χ1) is 7.79. The fourth-order valence-electron chi connectivity index (χ4n) is 1.51. The maximum atomic E-state index is 11.0. The van der Waals surface area contributed by atoms with Crippen LogP contribution >= 0.6 is 0 Å². The minimum atomic E-state index is -0.427. The summed E-state index contributed by atoms with van der Waals surface area (Å²) in [7, 11) is 1.36. The van der Waals surface area contributed by atoms with Crippen LogP contribution in [0.2, 0.25) is 0 Å². The Morgan fingerprint density at radius 1 is 1.69 bits per heavy atom. The standard InChI is InChI=1S/C11H13NO4/c1-14-10(13)5-9-7-15-11(16-9)8-3-2-4-12-6-8/h2-4,6,9,11H,5,7H2,1H3. The van der Waals surface area contributed by atoms with Gasteiger partial charge in [-0.05, 0) is 6.07 Å². The summed E-state index contributed by atoms with van der Waals surface area (Å²) in [6, 6.07) is 3.69. The number of esters is 1. The molecule has 1 aromatic heterocycles. The van der Waals surface area contributed by atoms with Gasteiger partial charge in [-0.25, -0.2) is 0 Å².